The maximum atomic E-state index is 12.1. The van der Waals surface area contributed by atoms with Gasteiger partial charge in [0.05, 0.1) is 0 Å². The first-order chi connectivity index (χ1) is 6.65. The van der Waals surface area contributed by atoms with Crippen molar-refractivity contribution >= 4 is 11.5 Å². The molecule has 1 aromatic rings. The molecule has 0 amide bonds. The lowest BCUT2D eigenvalue weighted by Crippen LogP contribution is -2.33. The van der Waals surface area contributed by atoms with Gasteiger partial charge in [-0.25, -0.2) is 0 Å². The normalized spacial score (nSPS) is 21.6. The zero-order chi connectivity index (χ0) is 9.92. The molecule has 1 fully saturated rings. The minimum atomic E-state index is -0.143. The Morgan fingerprint density at radius 2 is 2.07 bits per heavy atom. The molecule has 0 atom stereocenters. The third-order valence-corrected chi connectivity index (χ3v) is 3.55. The topological polar surface area (TPSA) is 20.3 Å². The number of carbonyl (C=O) groups excluding carboxylic acids is 1. The van der Waals surface area contributed by atoms with Crippen LogP contribution in [0.3, 0.4) is 0 Å². The Hall–Kier alpha value is -1.31. The number of hydrogen-bond acceptors (Lipinski definition) is 2. The maximum Gasteiger partial charge on any atom is 0.190 e. The standard InChI is InChI=1S/C12H13NO/c1-8-3-4-10-9(7-8)11(14)12(5-6-12)13(10)2/h3-4,7H,5-6H2,1-2H3. The highest BCUT2D eigenvalue weighted by Crippen LogP contribution is 2.52. The molecule has 1 heterocycles. The highest BCUT2D eigenvalue weighted by Gasteiger charge is 2.58. The maximum absolute atomic E-state index is 12.1. The minimum absolute atomic E-state index is 0.143. The molecule has 1 aromatic carbocycles. The number of ketones is 1. The van der Waals surface area contributed by atoms with Crippen LogP contribution in [0.2, 0.25) is 0 Å². The average Bonchev–Trinajstić information content (AvgIpc) is 2.93. The van der Waals surface area contributed by atoms with Gasteiger partial charge >= 0.3 is 0 Å². The van der Waals surface area contributed by atoms with E-state index in [9.17, 15) is 4.79 Å². The number of rotatable bonds is 0. The molecular weight excluding hydrogens is 174 g/mol. The van der Waals surface area contributed by atoms with Gasteiger partial charge in [0, 0.05) is 18.3 Å². The lowest BCUT2D eigenvalue weighted by molar-refractivity contribution is 0.0961. The molecule has 1 saturated carbocycles. The van der Waals surface area contributed by atoms with E-state index >= 15 is 0 Å². The zero-order valence-electron chi connectivity index (χ0n) is 8.50. The second-order valence-corrected chi connectivity index (χ2v) is 4.44. The van der Waals surface area contributed by atoms with E-state index in [2.05, 4.69) is 17.0 Å². The second kappa shape index (κ2) is 2.19. The fraction of sp³-hybridized carbons (Fsp3) is 0.417. The summed E-state index contributed by atoms with van der Waals surface area (Å²) < 4.78 is 0. The molecule has 1 aliphatic heterocycles. The van der Waals surface area contributed by atoms with E-state index in [0.717, 1.165) is 24.1 Å². The molecule has 1 spiro atoms. The number of anilines is 1. The molecule has 0 N–H and O–H groups in total. The SMILES string of the molecule is Cc1ccc2c(c1)C(=O)C1(CC1)N2C. The first-order valence-electron chi connectivity index (χ1n) is 5.04. The minimum Gasteiger partial charge on any atom is -0.361 e. The third-order valence-electron chi connectivity index (χ3n) is 3.55. The molecule has 72 valence electrons. The number of benzene rings is 1. The molecule has 2 nitrogen and oxygen atoms in total. The summed E-state index contributed by atoms with van der Waals surface area (Å²) in [7, 11) is 2.03. The Morgan fingerprint density at radius 1 is 1.36 bits per heavy atom. The highest BCUT2D eigenvalue weighted by molar-refractivity contribution is 6.15. The summed E-state index contributed by atoms with van der Waals surface area (Å²) in [4.78, 5) is 14.3. The van der Waals surface area contributed by atoms with Gasteiger partial charge in [-0.2, -0.15) is 0 Å². The van der Waals surface area contributed by atoms with E-state index in [-0.39, 0.29) is 5.54 Å². The summed E-state index contributed by atoms with van der Waals surface area (Å²) in [5.74, 6) is 0.332. The predicted molar refractivity (Wildman–Crippen MR) is 55.9 cm³/mol. The Balaban J connectivity index is 2.22. The highest BCUT2D eigenvalue weighted by atomic mass is 16.1. The molecule has 0 aromatic heterocycles. The average molecular weight is 187 g/mol. The summed E-state index contributed by atoms with van der Waals surface area (Å²) >= 11 is 0. The Labute approximate surface area is 83.5 Å². The van der Waals surface area contributed by atoms with Crippen molar-refractivity contribution in [2.45, 2.75) is 25.3 Å². The van der Waals surface area contributed by atoms with Crippen LogP contribution >= 0.6 is 0 Å². The monoisotopic (exact) mass is 187 g/mol. The molecule has 0 radical (unpaired) electrons. The summed E-state index contributed by atoms with van der Waals surface area (Å²) in [5.41, 5.74) is 3.06. The largest absolute Gasteiger partial charge is 0.361 e. The summed E-state index contributed by atoms with van der Waals surface area (Å²) in [6.45, 7) is 2.03. The lowest BCUT2D eigenvalue weighted by atomic mass is 10.1. The number of aryl methyl sites for hydroxylation is 1. The summed E-state index contributed by atoms with van der Waals surface area (Å²) in [6, 6.07) is 6.15. The number of nitrogens with zero attached hydrogens (tertiary/aromatic N) is 1. The predicted octanol–water partition coefficient (Wildman–Crippen LogP) is 2.16. The van der Waals surface area contributed by atoms with Crippen molar-refractivity contribution in [2.24, 2.45) is 0 Å². The number of hydrogen-bond donors (Lipinski definition) is 0. The van der Waals surface area contributed by atoms with Gasteiger partial charge in [-0.3, -0.25) is 4.79 Å². The molecule has 0 bridgehead atoms. The van der Waals surface area contributed by atoms with Crippen LogP contribution in [-0.2, 0) is 0 Å². The van der Waals surface area contributed by atoms with Crippen molar-refractivity contribution in [2.75, 3.05) is 11.9 Å². The number of carbonyl (C=O) groups is 1. The van der Waals surface area contributed by atoms with Crippen molar-refractivity contribution in [1.29, 1.82) is 0 Å². The summed E-state index contributed by atoms with van der Waals surface area (Å²) in [6.07, 6.45) is 2.05. The first kappa shape index (κ1) is 8.04. The third kappa shape index (κ3) is 0.746. The van der Waals surface area contributed by atoms with E-state index in [1.165, 1.54) is 5.56 Å². The molecule has 3 rings (SSSR count). The summed E-state index contributed by atoms with van der Waals surface area (Å²) in [5, 5.41) is 0. The Morgan fingerprint density at radius 3 is 2.71 bits per heavy atom. The molecule has 0 unspecified atom stereocenters. The van der Waals surface area contributed by atoms with Crippen LogP contribution < -0.4 is 4.90 Å². The van der Waals surface area contributed by atoms with Crippen LogP contribution in [0.4, 0.5) is 5.69 Å². The smallest absolute Gasteiger partial charge is 0.190 e. The van der Waals surface area contributed by atoms with Gasteiger partial charge in [-0.05, 0) is 31.9 Å². The fourth-order valence-corrected chi connectivity index (χ4v) is 2.44. The van der Waals surface area contributed by atoms with Crippen LogP contribution in [0.15, 0.2) is 18.2 Å². The number of Topliss-reactive ketones (excluding diaryl/α,β-unsaturated/α-hetero) is 1. The van der Waals surface area contributed by atoms with Crippen molar-refractivity contribution in [3.05, 3.63) is 29.3 Å². The molecule has 1 aliphatic carbocycles. The van der Waals surface area contributed by atoms with Crippen molar-refractivity contribution in [3.63, 3.8) is 0 Å². The molecular formula is C12H13NO. The molecule has 2 heteroatoms. The first-order valence-corrected chi connectivity index (χ1v) is 5.04. The Bertz CT molecular complexity index is 432. The van der Waals surface area contributed by atoms with E-state index in [4.69, 9.17) is 0 Å². The molecule has 0 saturated heterocycles. The van der Waals surface area contributed by atoms with E-state index in [1.807, 2.05) is 20.0 Å². The van der Waals surface area contributed by atoms with Crippen LogP contribution in [0.25, 0.3) is 0 Å². The van der Waals surface area contributed by atoms with E-state index < -0.39 is 0 Å². The van der Waals surface area contributed by atoms with Gasteiger partial charge in [-0.1, -0.05) is 11.6 Å². The molecule has 2 aliphatic rings. The van der Waals surface area contributed by atoms with Crippen LogP contribution in [-0.4, -0.2) is 18.4 Å². The van der Waals surface area contributed by atoms with Gasteiger partial charge in [0.15, 0.2) is 5.78 Å². The van der Waals surface area contributed by atoms with Gasteiger partial charge in [-0.15, -0.1) is 0 Å². The molecule has 14 heavy (non-hydrogen) atoms. The lowest BCUT2D eigenvalue weighted by Gasteiger charge is -2.19. The van der Waals surface area contributed by atoms with Crippen molar-refractivity contribution < 1.29 is 4.79 Å². The van der Waals surface area contributed by atoms with E-state index in [1.54, 1.807) is 0 Å². The fourth-order valence-electron chi connectivity index (χ4n) is 2.44. The van der Waals surface area contributed by atoms with Crippen molar-refractivity contribution in [3.8, 4) is 0 Å². The van der Waals surface area contributed by atoms with Gasteiger partial charge in [0.2, 0.25) is 0 Å². The Kier molecular flexibility index (Phi) is 1.26. The van der Waals surface area contributed by atoms with Crippen LogP contribution in [0.1, 0.15) is 28.8 Å². The van der Waals surface area contributed by atoms with Gasteiger partial charge < -0.3 is 4.90 Å². The van der Waals surface area contributed by atoms with Crippen LogP contribution in [0.5, 0.6) is 0 Å². The quantitative estimate of drug-likeness (QED) is 0.620. The van der Waals surface area contributed by atoms with Crippen molar-refractivity contribution in [1.82, 2.24) is 0 Å². The van der Waals surface area contributed by atoms with Gasteiger partial charge in [0.25, 0.3) is 0 Å². The van der Waals surface area contributed by atoms with E-state index in [0.29, 0.717) is 5.78 Å². The number of fused-ring (bicyclic) bond motifs is 1. The van der Waals surface area contributed by atoms with Gasteiger partial charge in [0.1, 0.15) is 5.54 Å². The van der Waals surface area contributed by atoms with Crippen LogP contribution in [0, 0.1) is 6.92 Å². The number of likely N-dealkylation sites (N-methyl/N-ethyl adjacent to an activating group) is 1. The zero-order valence-corrected chi connectivity index (χ0v) is 8.50. The second-order valence-electron chi connectivity index (χ2n) is 4.44.